The first-order chi connectivity index (χ1) is 39.9. The van der Waals surface area contributed by atoms with Crippen LogP contribution < -0.4 is 31.6 Å². The molecule has 6 aromatic rings. The molecule has 1 amide bonds. The molecule has 3 aliphatic rings. The van der Waals surface area contributed by atoms with E-state index in [2.05, 4.69) is 116 Å². The zero-order valence-corrected chi connectivity index (χ0v) is 48.9. The van der Waals surface area contributed by atoms with E-state index in [1.807, 2.05) is 48.5 Å². The molecule has 0 unspecified atom stereocenters. The van der Waals surface area contributed by atoms with Gasteiger partial charge in [0.2, 0.25) is 11.6 Å². The number of aromatic nitrogens is 4. The number of hydrogen-bond donors (Lipinski definition) is 6. The number of nitrogens with zero attached hydrogens (tertiary/aromatic N) is 5. The number of benzene rings is 4. The summed E-state index contributed by atoms with van der Waals surface area (Å²) < 4.78 is 76.6. The number of allylic oxidation sites excluding steroid dienone is 7. The number of nitrogens with two attached hydrogens (primary N) is 1. The average molecular weight is 1180 g/mol. The minimum absolute atomic E-state index is 0.0517. The number of aromatic amines is 1. The van der Waals surface area contributed by atoms with Crippen molar-refractivity contribution in [3.05, 3.63) is 188 Å². The van der Waals surface area contributed by atoms with Gasteiger partial charge in [0.1, 0.15) is 18.1 Å². The molecule has 4 aromatic carbocycles. The van der Waals surface area contributed by atoms with E-state index in [1.165, 1.54) is 6.20 Å². The van der Waals surface area contributed by atoms with E-state index >= 15 is 0 Å². The third-order valence-corrected chi connectivity index (χ3v) is 17.1. The zero-order chi connectivity index (χ0) is 60.0. The Morgan fingerprint density at radius 1 is 0.869 bits per heavy atom. The molecule has 1 aliphatic carbocycles. The SMILES string of the molecule is CC1(C)C(/C=C/C2=C(Oc3ccc(C[C@H](CC(=O)O)NC(=O)c4ccc(NCc5cnc6nc(N)[nH]c(=O)c6n5)cc4)cc3)C(=C/C=C3/N(CCCCS(=O)(=O)[O-])c4ccccc4C3(C)C)/CCC2)=[N+](CCCCS(=O)(=O)O)c2ccccc21. The van der Waals surface area contributed by atoms with Crippen molar-refractivity contribution < 1.29 is 49.9 Å². The minimum Gasteiger partial charge on any atom is -0.748 e. The highest BCUT2D eigenvalue weighted by atomic mass is 32.2. The lowest BCUT2D eigenvalue weighted by Gasteiger charge is -2.28. The van der Waals surface area contributed by atoms with Crippen LogP contribution in [0.4, 0.5) is 23.0 Å². The molecule has 2 aliphatic heterocycles. The smallest absolute Gasteiger partial charge is 0.305 e. The summed E-state index contributed by atoms with van der Waals surface area (Å²) in [6.07, 6.45) is 13.5. The summed E-state index contributed by atoms with van der Waals surface area (Å²) in [5.41, 5.74) is 14.8. The molecular weight excluding hydrogens is 1110 g/mol. The Hall–Kier alpha value is -8.31. The van der Waals surface area contributed by atoms with Gasteiger partial charge < -0.3 is 35.7 Å². The molecule has 7 N–H and O–H groups in total. The first-order valence-corrected chi connectivity index (χ1v) is 31.1. The fraction of sp³-hybridized carbons (Fsp3) is 0.339. The molecule has 9 rings (SSSR count). The van der Waals surface area contributed by atoms with E-state index in [9.17, 15) is 45.4 Å². The largest absolute Gasteiger partial charge is 0.748 e. The fourth-order valence-corrected chi connectivity index (χ4v) is 12.4. The number of fused-ring (bicyclic) bond motifs is 3. The number of ether oxygens (including phenoxy) is 1. The third-order valence-electron chi connectivity index (χ3n) is 15.5. The number of unbranched alkanes of at least 4 members (excludes halogenated alkanes) is 2. The number of nitrogens with one attached hydrogen (secondary N) is 3. The van der Waals surface area contributed by atoms with Gasteiger partial charge in [-0.2, -0.15) is 18.0 Å². The topological polar surface area (TPSA) is 303 Å². The summed E-state index contributed by atoms with van der Waals surface area (Å²) >= 11 is 0. The van der Waals surface area contributed by atoms with Gasteiger partial charge in [0.25, 0.3) is 21.6 Å². The third kappa shape index (κ3) is 14.5. The van der Waals surface area contributed by atoms with Crippen molar-refractivity contribution in [1.29, 1.82) is 0 Å². The van der Waals surface area contributed by atoms with Crippen LogP contribution in [0.15, 0.2) is 155 Å². The lowest BCUT2D eigenvalue weighted by Crippen LogP contribution is -2.38. The van der Waals surface area contributed by atoms with Crippen LogP contribution >= 0.6 is 0 Å². The van der Waals surface area contributed by atoms with E-state index in [0.29, 0.717) is 73.6 Å². The highest BCUT2D eigenvalue weighted by molar-refractivity contribution is 7.85. The van der Waals surface area contributed by atoms with Crippen molar-refractivity contribution in [2.24, 2.45) is 0 Å². The van der Waals surface area contributed by atoms with Crippen LogP contribution in [0, 0.1) is 0 Å². The van der Waals surface area contributed by atoms with Gasteiger partial charge >= 0.3 is 5.97 Å². The van der Waals surface area contributed by atoms with E-state index in [0.717, 1.165) is 57.0 Å². The van der Waals surface area contributed by atoms with Crippen molar-refractivity contribution in [3.63, 3.8) is 0 Å². The molecule has 0 spiro atoms. The first-order valence-electron chi connectivity index (χ1n) is 27.9. The molecular formula is C62H69N9O11S2. The molecule has 20 nitrogen and oxygen atoms in total. The number of carbonyl (C=O) groups is 2. The van der Waals surface area contributed by atoms with E-state index in [-0.39, 0.29) is 48.7 Å². The maximum Gasteiger partial charge on any atom is 0.305 e. The second-order valence-electron chi connectivity index (χ2n) is 22.4. The molecule has 0 fully saturated rings. The molecule has 440 valence electrons. The zero-order valence-electron chi connectivity index (χ0n) is 47.3. The van der Waals surface area contributed by atoms with Gasteiger partial charge in [0, 0.05) is 70.5 Å². The molecule has 2 aromatic heterocycles. The molecule has 0 bridgehead atoms. The second kappa shape index (κ2) is 25.3. The number of carboxylic acids is 1. The van der Waals surface area contributed by atoms with E-state index in [4.69, 9.17) is 10.5 Å². The van der Waals surface area contributed by atoms with Crippen LogP contribution in [0.1, 0.15) is 112 Å². The maximum absolute atomic E-state index is 13.6. The molecule has 4 heterocycles. The van der Waals surface area contributed by atoms with Gasteiger partial charge in [0.15, 0.2) is 16.9 Å². The Kier molecular flexibility index (Phi) is 18.1. The van der Waals surface area contributed by atoms with Crippen molar-refractivity contribution >= 4 is 72.0 Å². The summed E-state index contributed by atoms with van der Waals surface area (Å²) in [6, 6.07) is 29.5. The quantitative estimate of drug-likeness (QED) is 0.0187. The Labute approximate surface area is 488 Å². The van der Waals surface area contributed by atoms with Gasteiger partial charge in [-0.25, -0.2) is 18.4 Å². The monoisotopic (exact) mass is 1180 g/mol. The molecule has 1 atom stereocenters. The molecule has 84 heavy (non-hydrogen) atoms. The number of amides is 1. The standard InChI is InChI=1S/C62H69N9O11S2/c1-61(2)48-16-5-7-18-50(48)70(32-9-11-34-83(76,77)78)52(61)30-24-41-14-13-15-42(25-31-53-62(3,4)49-17-6-8-19-51(49)71(53)33-10-12-35-84(79,80)81)56(41)82-47-28-20-40(21-29-47)36-45(37-54(72)73)67-58(74)43-22-26-44(27-23-43)64-38-46-39-65-57-55(66-46)59(75)69-60(63)68-57/h5-8,16-31,39,45H,9-15,32-38H2,1-4H3,(H7-,63,64,65,67,68,69,72,73,74,75,76,77,78,79,80,81)/t45-/m1/s1. The normalized spacial score (nSPS) is 17.0. The summed E-state index contributed by atoms with van der Waals surface area (Å²) in [5.74, 6) is -1.17. The number of para-hydroxylation sites is 2. The summed E-state index contributed by atoms with van der Waals surface area (Å²) in [5, 5.41) is 16.0. The highest BCUT2D eigenvalue weighted by Gasteiger charge is 2.44. The van der Waals surface area contributed by atoms with E-state index < -0.39 is 60.3 Å². The van der Waals surface area contributed by atoms with Crippen molar-refractivity contribution in [2.75, 3.05) is 40.5 Å². The Morgan fingerprint density at radius 2 is 1.58 bits per heavy atom. The van der Waals surface area contributed by atoms with Gasteiger partial charge in [0.05, 0.1) is 46.1 Å². The van der Waals surface area contributed by atoms with Crippen LogP contribution in [-0.4, -0.2) is 104 Å². The molecule has 0 saturated heterocycles. The number of carbonyl (C=O) groups excluding carboxylic acids is 1. The number of nitrogen functional groups attached to an aromatic ring is 1. The molecule has 0 radical (unpaired) electrons. The first kappa shape index (κ1) is 60.3. The van der Waals surface area contributed by atoms with Gasteiger partial charge in [-0.1, -0.05) is 68.5 Å². The summed E-state index contributed by atoms with van der Waals surface area (Å²) in [6.45, 7) is 9.89. The Balaban J connectivity index is 0.979. The molecule has 22 heteroatoms. The number of hydrogen-bond acceptors (Lipinski definition) is 15. The predicted octanol–water partition coefficient (Wildman–Crippen LogP) is 8.77. The van der Waals surface area contributed by atoms with Crippen LogP contribution in [0.3, 0.4) is 0 Å². The maximum atomic E-state index is 13.6. The van der Waals surface area contributed by atoms with E-state index in [1.54, 1.807) is 24.3 Å². The van der Waals surface area contributed by atoms with Crippen molar-refractivity contribution in [1.82, 2.24) is 25.3 Å². The molecule has 0 saturated carbocycles. The predicted molar refractivity (Wildman–Crippen MR) is 322 cm³/mol. The van der Waals surface area contributed by atoms with Crippen molar-refractivity contribution in [3.8, 4) is 5.75 Å². The van der Waals surface area contributed by atoms with Gasteiger partial charge in [-0.15, -0.1) is 0 Å². The Bertz CT molecular complexity index is 3950. The minimum atomic E-state index is -4.36. The van der Waals surface area contributed by atoms with Gasteiger partial charge in [-0.05, 0) is 136 Å². The van der Waals surface area contributed by atoms with Crippen LogP contribution in [0.2, 0.25) is 0 Å². The number of anilines is 3. The Morgan fingerprint density at radius 3 is 2.31 bits per heavy atom. The average Bonchev–Trinajstić information content (AvgIpc) is 3.12. The lowest BCUT2D eigenvalue weighted by molar-refractivity contribution is -0.438. The number of H-pyrrole nitrogens is 1. The second-order valence-corrected chi connectivity index (χ2v) is 25.4. The lowest BCUT2D eigenvalue weighted by atomic mass is 9.81. The number of aliphatic carboxylic acids is 1. The van der Waals surface area contributed by atoms with Gasteiger partial charge in [-0.3, -0.25) is 23.9 Å². The number of carboxylic acid groups (broad SMARTS) is 1. The van der Waals surface area contributed by atoms with Crippen LogP contribution in [0.5, 0.6) is 5.75 Å². The summed E-state index contributed by atoms with van der Waals surface area (Å²) in [7, 11) is -8.48. The van der Waals surface area contributed by atoms with Crippen LogP contribution in [0.25, 0.3) is 11.2 Å². The highest BCUT2D eigenvalue weighted by Crippen LogP contribution is 2.48. The summed E-state index contributed by atoms with van der Waals surface area (Å²) in [4.78, 5) is 55.3. The number of rotatable bonds is 24. The van der Waals surface area contributed by atoms with Crippen molar-refractivity contribution in [2.45, 2.75) is 109 Å². The fourth-order valence-electron chi connectivity index (χ4n) is 11.3. The van der Waals surface area contributed by atoms with Crippen LogP contribution in [-0.2, 0) is 48.8 Å².